The van der Waals surface area contributed by atoms with Gasteiger partial charge in [-0.3, -0.25) is 4.79 Å². The smallest absolute Gasteiger partial charge is 0.417 e. The van der Waals surface area contributed by atoms with Crippen LogP contribution in [0.2, 0.25) is 0 Å². The minimum absolute atomic E-state index is 0.00568. The second-order valence-corrected chi connectivity index (χ2v) is 17.4. The molecular formula is C38H53F3O4. The fourth-order valence-electron chi connectivity index (χ4n) is 13.0. The van der Waals surface area contributed by atoms with Gasteiger partial charge in [-0.1, -0.05) is 60.6 Å². The number of fused-ring (bicyclic) bond motifs is 7. The van der Waals surface area contributed by atoms with Gasteiger partial charge in [-0.15, -0.1) is 0 Å². The van der Waals surface area contributed by atoms with E-state index in [1.807, 2.05) is 0 Å². The monoisotopic (exact) mass is 630 g/mol. The topological polar surface area (TPSA) is 63.6 Å². The van der Waals surface area contributed by atoms with Crippen molar-refractivity contribution < 1.29 is 32.6 Å². The molecular weight excluding hydrogens is 577 g/mol. The average molecular weight is 631 g/mol. The third-order valence-electron chi connectivity index (χ3n) is 15.4. The molecule has 4 nitrogen and oxygen atoms in total. The molecule has 6 rings (SSSR count). The van der Waals surface area contributed by atoms with Crippen LogP contribution in [0.3, 0.4) is 0 Å². The lowest BCUT2D eigenvalue weighted by Crippen LogP contribution is -2.67. The molecule has 1 N–H and O–H groups in total. The highest BCUT2D eigenvalue weighted by Gasteiger charge is 2.72. The summed E-state index contributed by atoms with van der Waals surface area (Å²) in [6.07, 6.45) is 4.15. The second-order valence-electron chi connectivity index (χ2n) is 17.4. The van der Waals surface area contributed by atoms with Crippen molar-refractivity contribution in [1.82, 2.24) is 0 Å². The van der Waals surface area contributed by atoms with Crippen molar-refractivity contribution in [3.8, 4) is 0 Å². The first-order valence-electron chi connectivity index (χ1n) is 17.5. The summed E-state index contributed by atoms with van der Waals surface area (Å²) in [4.78, 5) is 26.2. The quantitative estimate of drug-likeness (QED) is 0.336. The molecule has 250 valence electrons. The van der Waals surface area contributed by atoms with Crippen molar-refractivity contribution >= 4 is 11.9 Å². The standard InChI is InChI=1S/C38H53F3O4/c1-22(2)23-14-19-37(32(43)44)21-20-35(6)26(30(23)37)12-13-28-34(5)17-16-29(33(3,4)27(34)15-18-36(28,35)7)45-31(42)24-10-8-9-11-25(24)38(39,40)41/h8-11,22-23,26-30H,12-21H2,1-7H3,(H,43,44)/t23-,26?,27?,28?,29-,30?,34-,35+,36+,37-/m0/s1. The van der Waals surface area contributed by atoms with E-state index in [0.717, 1.165) is 63.9 Å². The van der Waals surface area contributed by atoms with Gasteiger partial charge >= 0.3 is 18.1 Å². The lowest BCUT2D eigenvalue weighted by Gasteiger charge is -2.72. The summed E-state index contributed by atoms with van der Waals surface area (Å²) in [6.45, 7) is 16.3. The molecule has 4 unspecified atom stereocenters. The number of alkyl halides is 3. The van der Waals surface area contributed by atoms with Gasteiger partial charge < -0.3 is 9.84 Å². The Kier molecular flexibility index (Phi) is 7.65. The molecule has 5 aliphatic rings. The Balaban J connectivity index is 1.28. The molecule has 7 heteroatoms. The Morgan fingerprint density at radius 3 is 2.18 bits per heavy atom. The summed E-state index contributed by atoms with van der Waals surface area (Å²) in [7, 11) is 0. The summed E-state index contributed by atoms with van der Waals surface area (Å²) in [5.41, 5.74) is -2.22. The number of halogens is 3. The molecule has 5 saturated carbocycles. The van der Waals surface area contributed by atoms with E-state index in [9.17, 15) is 27.9 Å². The molecule has 1 aromatic rings. The normalized spacial score (nSPS) is 43.9. The molecule has 0 radical (unpaired) electrons. The number of carbonyl (C=O) groups is 2. The van der Waals surface area contributed by atoms with Crippen molar-refractivity contribution in [2.24, 2.45) is 62.6 Å². The van der Waals surface area contributed by atoms with E-state index in [1.54, 1.807) is 0 Å². The van der Waals surface area contributed by atoms with Crippen LogP contribution >= 0.6 is 0 Å². The van der Waals surface area contributed by atoms with Crippen LogP contribution in [0.1, 0.15) is 129 Å². The van der Waals surface area contributed by atoms with Gasteiger partial charge in [0.1, 0.15) is 6.10 Å². The van der Waals surface area contributed by atoms with Gasteiger partial charge in [-0.2, -0.15) is 13.2 Å². The zero-order chi connectivity index (χ0) is 33.0. The lowest BCUT2D eigenvalue weighted by atomic mass is 9.32. The summed E-state index contributed by atoms with van der Waals surface area (Å²) < 4.78 is 47.1. The van der Waals surface area contributed by atoms with Gasteiger partial charge in [0, 0.05) is 5.41 Å². The predicted molar refractivity (Wildman–Crippen MR) is 167 cm³/mol. The van der Waals surface area contributed by atoms with Crippen molar-refractivity contribution in [2.45, 2.75) is 125 Å². The minimum atomic E-state index is -4.63. The summed E-state index contributed by atoms with van der Waals surface area (Å²) in [6, 6.07) is 4.91. The molecule has 5 fully saturated rings. The molecule has 0 aromatic heterocycles. The third kappa shape index (κ3) is 4.50. The van der Waals surface area contributed by atoms with E-state index < -0.39 is 46.2 Å². The Labute approximate surface area is 267 Å². The van der Waals surface area contributed by atoms with Crippen LogP contribution in [-0.4, -0.2) is 23.1 Å². The summed E-state index contributed by atoms with van der Waals surface area (Å²) in [5.74, 6) is 0.809. The number of hydrogen-bond donors (Lipinski definition) is 1. The molecule has 0 amide bonds. The van der Waals surface area contributed by atoms with Crippen LogP contribution in [0.15, 0.2) is 24.3 Å². The van der Waals surface area contributed by atoms with Crippen LogP contribution in [0.25, 0.3) is 0 Å². The lowest BCUT2D eigenvalue weighted by molar-refractivity contribution is -0.249. The number of carboxylic acids is 1. The number of carbonyl (C=O) groups excluding carboxylic acids is 1. The Morgan fingerprint density at radius 1 is 0.844 bits per heavy atom. The van der Waals surface area contributed by atoms with Gasteiger partial charge in [-0.05, 0) is 128 Å². The zero-order valence-electron chi connectivity index (χ0n) is 28.2. The van der Waals surface area contributed by atoms with Crippen LogP contribution in [0.4, 0.5) is 13.2 Å². The molecule has 0 bridgehead atoms. The molecule has 1 aromatic carbocycles. The van der Waals surface area contributed by atoms with Gasteiger partial charge in [0.2, 0.25) is 0 Å². The van der Waals surface area contributed by atoms with Crippen LogP contribution in [0.5, 0.6) is 0 Å². The number of rotatable bonds is 4. The highest BCUT2D eigenvalue weighted by molar-refractivity contribution is 5.91. The number of aliphatic carboxylic acids is 1. The maximum atomic E-state index is 13.7. The van der Waals surface area contributed by atoms with E-state index >= 15 is 0 Å². The summed E-state index contributed by atoms with van der Waals surface area (Å²) >= 11 is 0. The largest absolute Gasteiger partial charge is 0.481 e. The van der Waals surface area contributed by atoms with E-state index in [2.05, 4.69) is 48.5 Å². The first-order chi connectivity index (χ1) is 20.8. The molecule has 5 aliphatic carbocycles. The van der Waals surface area contributed by atoms with Crippen LogP contribution < -0.4 is 0 Å². The maximum Gasteiger partial charge on any atom is 0.417 e. The Bertz CT molecular complexity index is 1350. The number of benzene rings is 1. The Morgan fingerprint density at radius 2 is 1.53 bits per heavy atom. The molecule has 0 heterocycles. The van der Waals surface area contributed by atoms with Gasteiger partial charge in [0.25, 0.3) is 0 Å². The van der Waals surface area contributed by atoms with Gasteiger partial charge in [-0.25, -0.2) is 4.79 Å². The highest BCUT2D eigenvalue weighted by atomic mass is 19.4. The van der Waals surface area contributed by atoms with E-state index in [0.29, 0.717) is 30.1 Å². The van der Waals surface area contributed by atoms with E-state index in [4.69, 9.17) is 4.74 Å². The minimum Gasteiger partial charge on any atom is -0.481 e. The number of esters is 1. The second kappa shape index (κ2) is 10.5. The van der Waals surface area contributed by atoms with E-state index in [1.165, 1.54) is 18.2 Å². The van der Waals surface area contributed by atoms with Crippen LogP contribution in [-0.2, 0) is 15.7 Å². The van der Waals surface area contributed by atoms with Crippen molar-refractivity contribution in [2.75, 3.05) is 0 Å². The van der Waals surface area contributed by atoms with Crippen molar-refractivity contribution in [1.29, 1.82) is 0 Å². The van der Waals surface area contributed by atoms with Crippen LogP contribution in [0, 0.1) is 62.6 Å². The predicted octanol–water partition coefficient (Wildman–Crippen LogP) is 10.1. The first kappa shape index (κ1) is 32.9. The molecule has 10 atom stereocenters. The summed E-state index contributed by atoms with van der Waals surface area (Å²) in [5, 5.41) is 10.6. The maximum absolute atomic E-state index is 13.7. The molecule has 0 spiro atoms. The molecule has 0 saturated heterocycles. The average Bonchev–Trinajstić information content (AvgIpc) is 3.36. The fourth-order valence-corrected chi connectivity index (χ4v) is 13.0. The SMILES string of the molecule is CC(C)[C@@H]1CC[C@]2(C(=O)O)CC[C@]3(C)C(CCC4[C@@]5(C)CC[C@H](OC(=O)c6ccccc6C(F)(F)F)C(C)(C)C5CC[C@]43C)C12. The molecule has 0 aliphatic heterocycles. The third-order valence-corrected chi connectivity index (χ3v) is 15.4. The number of ether oxygens (including phenoxy) is 1. The Hall–Kier alpha value is -2.05. The first-order valence-corrected chi connectivity index (χ1v) is 17.5. The van der Waals surface area contributed by atoms with Crippen molar-refractivity contribution in [3.63, 3.8) is 0 Å². The van der Waals surface area contributed by atoms with E-state index in [-0.39, 0.29) is 28.1 Å². The highest BCUT2D eigenvalue weighted by Crippen LogP contribution is 2.77. The van der Waals surface area contributed by atoms with Gasteiger partial charge in [0.05, 0.1) is 16.5 Å². The van der Waals surface area contributed by atoms with Gasteiger partial charge in [0.15, 0.2) is 0 Å². The number of carboxylic acid groups (broad SMARTS) is 1. The number of hydrogen-bond acceptors (Lipinski definition) is 3. The fraction of sp³-hybridized carbons (Fsp3) is 0.789. The zero-order valence-corrected chi connectivity index (χ0v) is 28.2. The molecule has 45 heavy (non-hydrogen) atoms. The van der Waals surface area contributed by atoms with Crippen molar-refractivity contribution in [3.05, 3.63) is 35.4 Å².